The predicted octanol–water partition coefficient (Wildman–Crippen LogP) is 3.29. The molecule has 382 valence electrons. The number of rotatable bonds is 14. The zero-order chi connectivity index (χ0) is 52.8. The summed E-state index contributed by atoms with van der Waals surface area (Å²) < 4.78 is 75.6. The van der Waals surface area contributed by atoms with Crippen LogP contribution >= 0.6 is 0 Å². The van der Waals surface area contributed by atoms with Gasteiger partial charge in [0.1, 0.15) is 47.6 Å². The molecule has 0 saturated carbocycles. The van der Waals surface area contributed by atoms with Gasteiger partial charge < -0.3 is 61.3 Å². The second kappa shape index (κ2) is 22.8. The summed E-state index contributed by atoms with van der Waals surface area (Å²) >= 11 is 0. The van der Waals surface area contributed by atoms with Gasteiger partial charge in [-0.25, -0.2) is 0 Å². The molecule has 24 heteroatoms. The van der Waals surface area contributed by atoms with E-state index in [2.05, 4.69) is 0 Å². The largest absolute Gasteiger partial charge is 0.463 e. The number of carbonyl (C=O) groups excluding carboxylic acids is 10. The maximum absolute atomic E-state index is 15.0. The molecule has 3 heterocycles. The van der Waals surface area contributed by atoms with Crippen molar-refractivity contribution in [3.63, 3.8) is 0 Å². The topological polar surface area (TPSA) is 312 Å². The van der Waals surface area contributed by atoms with Gasteiger partial charge in [-0.05, 0) is 31.2 Å². The molecule has 1 aromatic heterocycles. The van der Waals surface area contributed by atoms with E-state index < -0.39 is 166 Å². The predicted molar refractivity (Wildman–Crippen MR) is 233 cm³/mol. The van der Waals surface area contributed by atoms with E-state index in [4.69, 9.17) is 61.3 Å². The van der Waals surface area contributed by atoms with Gasteiger partial charge in [0.2, 0.25) is 0 Å². The van der Waals surface area contributed by atoms with Crippen LogP contribution in [0.1, 0.15) is 99.5 Å². The van der Waals surface area contributed by atoms with Crippen LogP contribution in [-0.2, 0) is 90.6 Å². The Labute approximate surface area is 403 Å². The quantitative estimate of drug-likeness (QED) is 0.127. The van der Waals surface area contributed by atoms with Crippen molar-refractivity contribution in [2.75, 3.05) is 6.61 Å². The van der Waals surface area contributed by atoms with Crippen molar-refractivity contribution in [3.05, 3.63) is 51.7 Å². The Morgan fingerprint density at radius 1 is 0.479 bits per heavy atom. The Kier molecular flexibility index (Phi) is 17.4. The van der Waals surface area contributed by atoms with E-state index >= 15 is 0 Å². The van der Waals surface area contributed by atoms with Crippen LogP contribution in [0.3, 0.4) is 0 Å². The van der Waals surface area contributed by atoms with E-state index in [1.807, 2.05) is 0 Å². The summed E-state index contributed by atoms with van der Waals surface area (Å²) in [5, 5.41) is -0.668. The first kappa shape index (κ1) is 54.2. The number of fused-ring (bicyclic) bond motifs is 1. The summed E-state index contributed by atoms with van der Waals surface area (Å²) in [6, 6.07) is 6.48. The third kappa shape index (κ3) is 13.1. The molecule has 0 bridgehead atoms. The van der Waals surface area contributed by atoms with Crippen molar-refractivity contribution in [1.29, 1.82) is 0 Å². The lowest BCUT2D eigenvalue weighted by atomic mass is 9.84. The molecule has 3 aromatic rings. The molecular formula is C47H50O24. The summed E-state index contributed by atoms with van der Waals surface area (Å²) in [6.07, 6.45) is -17.9. The van der Waals surface area contributed by atoms with Crippen LogP contribution in [0.25, 0.3) is 22.3 Å². The number of hydrogen-bond acceptors (Lipinski definition) is 24. The number of carbonyl (C=O) groups is 10. The van der Waals surface area contributed by atoms with E-state index in [0.29, 0.717) is 0 Å². The standard InChI is InChI=1S/C47H50O24/c1-18-37(62-21(4)50)44(66-25(8)54)46(68-27(10)56)42(60-18)36-40-34(31(58)16-32(70-40)29-12-14-30(15-13-29)61-20(3)49)39(64-23(6)52)35(41(36)65-24(7)53)43-47(69-28(11)57)45(67-26(9)55)38(63-22(5)51)33(71-43)17-59-19(2)48/h12-16,18,33,37-38,42-47H,17H2,1-11H3/t18-,33+,37+,38+,42-,43-,44-,45-,46+,47-/m0/s1. The fourth-order valence-electron chi connectivity index (χ4n) is 8.11. The van der Waals surface area contributed by atoms with E-state index in [1.165, 1.54) is 38.1 Å². The van der Waals surface area contributed by atoms with Crippen LogP contribution < -0.4 is 19.6 Å². The molecule has 0 aliphatic carbocycles. The van der Waals surface area contributed by atoms with Gasteiger partial charge in [0, 0.05) is 80.9 Å². The Morgan fingerprint density at radius 2 is 0.915 bits per heavy atom. The maximum Gasteiger partial charge on any atom is 0.308 e. The molecule has 71 heavy (non-hydrogen) atoms. The van der Waals surface area contributed by atoms with Crippen molar-refractivity contribution in [2.24, 2.45) is 0 Å². The average Bonchev–Trinajstić information content (AvgIpc) is 3.23. The molecular weight excluding hydrogens is 948 g/mol. The first-order chi connectivity index (χ1) is 33.3. The van der Waals surface area contributed by atoms with Gasteiger partial charge in [0.15, 0.2) is 53.4 Å². The van der Waals surface area contributed by atoms with Gasteiger partial charge in [-0.2, -0.15) is 0 Å². The lowest BCUT2D eigenvalue weighted by molar-refractivity contribution is -0.255. The van der Waals surface area contributed by atoms with Crippen LogP contribution in [-0.4, -0.2) is 115 Å². The lowest BCUT2D eigenvalue weighted by Gasteiger charge is -2.46. The van der Waals surface area contributed by atoms with Crippen LogP contribution in [0, 0.1) is 0 Å². The minimum absolute atomic E-state index is 0.0986. The van der Waals surface area contributed by atoms with Gasteiger partial charge in [-0.15, -0.1) is 0 Å². The number of esters is 10. The fraction of sp³-hybridized carbons (Fsp3) is 0.468. The van der Waals surface area contributed by atoms with Gasteiger partial charge in [0.25, 0.3) is 0 Å². The van der Waals surface area contributed by atoms with E-state index in [0.717, 1.165) is 68.4 Å². The monoisotopic (exact) mass is 998 g/mol. The zero-order valence-electron chi connectivity index (χ0n) is 40.2. The summed E-state index contributed by atoms with van der Waals surface area (Å²) in [5.41, 5.74) is -2.72. The Hall–Kier alpha value is -7.73. The average molecular weight is 999 g/mol. The Bertz CT molecular complexity index is 2680. The van der Waals surface area contributed by atoms with Gasteiger partial charge >= 0.3 is 59.7 Å². The normalized spacial score (nSPS) is 23.7. The van der Waals surface area contributed by atoms with Crippen molar-refractivity contribution in [1.82, 2.24) is 0 Å². The zero-order valence-corrected chi connectivity index (χ0v) is 40.2. The number of benzene rings is 2. The Balaban J connectivity index is 2.07. The highest BCUT2D eigenvalue weighted by Crippen LogP contribution is 2.54. The third-order valence-electron chi connectivity index (χ3n) is 10.3. The molecule has 2 saturated heterocycles. The molecule has 2 aliphatic rings. The van der Waals surface area contributed by atoms with E-state index in [1.54, 1.807) is 0 Å². The summed E-state index contributed by atoms with van der Waals surface area (Å²) in [5.74, 6) is -11.6. The van der Waals surface area contributed by atoms with Crippen molar-refractivity contribution >= 4 is 70.7 Å². The van der Waals surface area contributed by atoms with Crippen molar-refractivity contribution in [3.8, 4) is 28.6 Å². The highest BCUT2D eigenvalue weighted by Gasteiger charge is 2.57. The minimum Gasteiger partial charge on any atom is -0.463 e. The second-order valence-electron chi connectivity index (χ2n) is 16.1. The third-order valence-corrected chi connectivity index (χ3v) is 10.3. The van der Waals surface area contributed by atoms with Crippen LogP contribution in [0.5, 0.6) is 17.2 Å². The van der Waals surface area contributed by atoms with Crippen molar-refractivity contribution < 1.29 is 109 Å². The smallest absolute Gasteiger partial charge is 0.308 e. The molecule has 0 unspecified atom stereocenters. The molecule has 10 atom stereocenters. The summed E-state index contributed by atoms with van der Waals surface area (Å²) in [4.78, 5) is 143. The molecule has 0 amide bonds. The summed E-state index contributed by atoms with van der Waals surface area (Å²) in [6.45, 7) is 10.5. The number of hydrogen-bond donors (Lipinski definition) is 0. The highest BCUT2D eigenvalue weighted by molar-refractivity contribution is 5.95. The summed E-state index contributed by atoms with van der Waals surface area (Å²) in [7, 11) is 0. The number of ether oxygens (including phenoxy) is 12. The van der Waals surface area contributed by atoms with Crippen LogP contribution in [0.2, 0.25) is 0 Å². The van der Waals surface area contributed by atoms with Gasteiger partial charge in [0.05, 0.1) is 17.2 Å². The maximum atomic E-state index is 15.0. The molecule has 2 aliphatic heterocycles. The van der Waals surface area contributed by atoms with E-state index in [-0.39, 0.29) is 17.1 Å². The first-order valence-electron chi connectivity index (χ1n) is 21.6. The second-order valence-corrected chi connectivity index (χ2v) is 16.1. The van der Waals surface area contributed by atoms with Crippen LogP contribution in [0.15, 0.2) is 39.5 Å². The molecule has 0 spiro atoms. The van der Waals surface area contributed by atoms with Crippen LogP contribution in [0.4, 0.5) is 0 Å². The first-order valence-corrected chi connectivity index (χ1v) is 21.6. The van der Waals surface area contributed by atoms with Crippen molar-refractivity contribution in [2.45, 2.75) is 137 Å². The molecule has 5 rings (SSSR count). The molecule has 2 aromatic carbocycles. The van der Waals surface area contributed by atoms with Gasteiger partial charge in [-0.3, -0.25) is 52.7 Å². The Morgan fingerprint density at radius 3 is 1.39 bits per heavy atom. The van der Waals surface area contributed by atoms with E-state index in [9.17, 15) is 52.7 Å². The highest BCUT2D eigenvalue weighted by atomic mass is 16.7. The van der Waals surface area contributed by atoms with Gasteiger partial charge in [-0.1, -0.05) is 0 Å². The lowest BCUT2D eigenvalue weighted by Crippen LogP contribution is -2.59. The molecule has 24 nitrogen and oxygen atoms in total. The fourth-order valence-corrected chi connectivity index (χ4v) is 8.11. The SMILES string of the molecule is CC(=O)OC[C@H]1O[C@@H](c2c(OC(C)=O)c([C@@H]3O[C@@H](C)[C@@H](OC(C)=O)[C@H](OC(C)=O)[C@@H]3OC(C)=O)c3oc(-c4ccc(OC(C)=O)cc4)cc(=O)c3c2OC(C)=O)[C@H](OC(C)=O)[C@@H](OC(C)=O)[C@@H]1OC(C)=O. The minimum atomic E-state index is -2.10. The molecule has 0 N–H and O–H groups in total. The molecule has 2 fully saturated rings. The molecule has 0 radical (unpaired) electrons.